The Kier molecular flexibility index (Phi) is 10.2. The largest absolute Gasteiger partial charge is 0.373 e. The van der Waals surface area contributed by atoms with Crippen molar-refractivity contribution in [3.05, 3.63) is 107 Å². The molecule has 196 valence electrons. The summed E-state index contributed by atoms with van der Waals surface area (Å²) in [5.41, 5.74) is 12.1. The van der Waals surface area contributed by atoms with Crippen LogP contribution >= 0.6 is 0 Å². The Balaban J connectivity index is 0.000000488. The molecule has 2 heterocycles. The lowest BCUT2D eigenvalue weighted by Gasteiger charge is -2.26. The van der Waals surface area contributed by atoms with E-state index >= 15 is 0 Å². The van der Waals surface area contributed by atoms with Gasteiger partial charge in [-0.05, 0) is 84.8 Å². The highest BCUT2D eigenvalue weighted by atomic mass is 15.1. The van der Waals surface area contributed by atoms with E-state index in [2.05, 4.69) is 106 Å². The fourth-order valence-electron chi connectivity index (χ4n) is 5.32. The summed E-state index contributed by atoms with van der Waals surface area (Å²) in [6.07, 6.45) is 14.1. The zero-order valence-corrected chi connectivity index (χ0v) is 23.9. The molecule has 0 saturated carbocycles. The molecule has 37 heavy (non-hydrogen) atoms. The maximum Gasteiger partial charge on any atom is 0.0486 e. The van der Waals surface area contributed by atoms with Gasteiger partial charge in [-0.25, -0.2) is 0 Å². The fourth-order valence-corrected chi connectivity index (χ4v) is 5.32. The molecular weight excluding hydrogens is 448 g/mol. The van der Waals surface area contributed by atoms with E-state index in [0.29, 0.717) is 0 Å². The number of hydrogen-bond acceptors (Lipinski definition) is 1. The van der Waals surface area contributed by atoms with Gasteiger partial charge in [-0.3, -0.25) is 0 Å². The lowest BCUT2D eigenvalue weighted by molar-refractivity contribution is 0.349. The van der Waals surface area contributed by atoms with E-state index in [-0.39, 0.29) is 0 Å². The van der Waals surface area contributed by atoms with Gasteiger partial charge >= 0.3 is 0 Å². The van der Waals surface area contributed by atoms with E-state index in [0.717, 1.165) is 50.9 Å². The van der Waals surface area contributed by atoms with Crippen LogP contribution in [-0.4, -0.2) is 16.0 Å². The van der Waals surface area contributed by atoms with Gasteiger partial charge in [-0.2, -0.15) is 0 Å². The lowest BCUT2D eigenvalue weighted by atomic mass is 9.85. The Morgan fingerprint density at radius 3 is 2.38 bits per heavy atom. The van der Waals surface area contributed by atoms with Crippen molar-refractivity contribution in [3.63, 3.8) is 0 Å². The third-order valence-electron chi connectivity index (χ3n) is 7.26. The van der Waals surface area contributed by atoms with Crippen LogP contribution in [0.2, 0.25) is 0 Å². The SMILES string of the molecule is C=CCC.C=CN1CCc2c(c3cc(C(=C)c4ccc(C)c5c4C=CCC5)ccc3n2CC)C1.CCC. The normalized spacial score (nSPS) is 13.5. The molecule has 2 aromatic carbocycles. The molecule has 0 atom stereocenters. The van der Waals surface area contributed by atoms with E-state index in [1.54, 1.807) is 0 Å². The second kappa shape index (κ2) is 13.3. The first-order valence-electron chi connectivity index (χ1n) is 14.1. The minimum Gasteiger partial charge on any atom is -0.373 e. The molecular formula is C35H46N2. The second-order valence-corrected chi connectivity index (χ2v) is 9.95. The highest BCUT2D eigenvalue weighted by molar-refractivity contribution is 5.92. The number of rotatable bonds is 5. The van der Waals surface area contributed by atoms with Crippen molar-refractivity contribution in [3.8, 4) is 0 Å². The van der Waals surface area contributed by atoms with Gasteiger partial charge in [0.05, 0.1) is 0 Å². The molecule has 0 saturated heterocycles. The van der Waals surface area contributed by atoms with Crippen LogP contribution in [0.1, 0.15) is 86.0 Å². The fraction of sp³-hybridized carbons (Fsp3) is 0.371. The number of nitrogens with zero attached hydrogens (tertiary/aromatic N) is 2. The summed E-state index contributed by atoms with van der Waals surface area (Å²) >= 11 is 0. The summed E-state index contributed by atoms with van der Waals surface area (Å²) < 4.78 is 2.49. The van der Waals surface area contributed by atoms with Crippen LogP contribution in [0.15, 0.2) is 68.4 Å². The maximum atomic E-state index is 4.54. The second-order valence-electron chi connectivity index (χ2n) is 9.95. The predicted molar refractivity (Wildman–Crippen MR) is 165 cm³/mol. The molecule has 0 spiro atoms. The van der Waals surface area contributed by atoms with Gasteiger partial charge in [-0.1, -0.05) is 76.8 Å². The van der Waals surface area contributed by atoms with E-state index in [1.807, 2.05) is 12.3 Å². The Morgan fingerprint density at radius 1 is 1.00 bits per heavy atom. The van der Waals surface area contributed by atoms with Crippen LogP contribution in [0.25, 0.3) is 22.6 Å². The van der Waals surface area contributed by atoms with Crippen LogP contribution in [0.5, 0.6) is 0 Å². The molecule has 3 aromatic rings. The van der Waals surface area contributed by atoms with Crippen LogP contribution in [0, 0.1) is 6.92 Å². The van der Waals surface area contributed by atoms with Gasteiger partial charge in [0.2, 0.25) is 0 Å². The summed E-state index contributed by atoms with van der Waals surface area (Å²) in [6, 6.07) is 11.4. The number of aryl methyl sites for hydroxylation is 2. The molecule has 2 heteroatoms. The lowest BCUT2D eigenvalue weighted by Crippen LogP contribution is -2.26. The van der Waals surface area contributed by atoms with Gasteiger partial charge in [0.25, 0.3) is 0 Å². The monoisotopic (exact) mass is 494 g/mol. The molecule has 0 N–H and O–H groups in total. The van der Waals surface area contributed by atoms with Crippen LogP contribution in [0.3, 0.4) is 0 Å². The van der Waals surface area contributed by atoms with Crippen LogP contribution in [0.4, 0.5) is 0 Å². The number of benzene rings is 2. The van der Waals surface area contributed by atoms with Crippen molar-refractivity contribution >= 4 is 22.6 Å². The standard InChI is InChI=1S/C28H30N2.C4H8.C3H8/c1-5-29-16-15-28-26(18-29)25-17-21(12-14-27(25)30(28)6-2)20(4)23-13-11-19(3)22-9-7-8-10-24(22)23;1-3-4-2;1-3-2/h5,8,10-14,17H,1,4,6-7,9,15-16,18H2,2-3H3;3H,1,4H2,2H3;3H2,1-2H3. The molecule has 0 amide bonds. The Morgan fingerprint density at radius 2 is 1.73 bits per heavy atom. The summed E-state index contributed by atoms with van der Waals surface area (Å²) in [4.78, 5) is 2.32. The number of aromatic nitrogens is 1. The molecule has 1 aliphatic heterocycles. The molecule has 2 nitrogen and oxygen atoms in total. The molecule has 0 radical (unpaired) electrons. The Hall–Kier alpha value is -3.26. The van der Waals surface area contributed by atoms with Crippen molar-refractivity contribution in [2.45, 2.75) is 79.8 Å². The van der Waals surface area contributed by atoms with Gasteiger partial charge in [0.15, 0.2) is 0 Å². The third kappa shape index (κ3) is 6.01. The Bertz CT molecular complexity index is 1280. The van der Waals surface area contributed by atoms with Crippen molar-refractivity contribution in [2.75, 3.05) is 6.54 Å². The summed E-state index contributed by atoms with van der Waals surface area (Å²) in [6.45, 7) is 25.8. The number of allylic oxidation sites excluding steroid dienone is 2. The zero-order chi connectivity index (χ0) is 26.9. The van der Waals surface area contributed by atoms with E-state index in [9.17, 15) is 0 Å². The first-order valence-corrected chi connectivity index (χ1v) is 14.1. The summed E-state index contributed by atoms with van der Waals surface area (Å²) in [5.74, 6) is 0. The van der Waals surface area contributed by atoms with Crippen molar-refractivity contribution in [2.24, 2.45) is 0 Å². The van der Waals surface area contributed by atoms with Gasteiger partial charge in [0.1, 0.15) is 0 Å². The first-order chi connectivity index (χ1) is 17.9. The molecule has 0 unspecified atom stereocenters. The van der Waals surface area contributed by atoms with Gasteiger partial charge < -0.3 is 9.47 Å². The van der Waals surface area contributed by atoms with Crippen molar-refractivity contribution in [1.29, 1.82) is 0 Å². The smallest absolute Gasteiger partial charge is 0.0486 e. The van der Waals surface area contributed by atoms with Crippen LogP contribution in [-0.2, 0) is 25.9 Å². The Labute approximate surface area is 225 Å². The average molecular weight is 495 g/mol. The van der Waals surface area contributed by atoms with E-state index in [4.69, 9.17) is 0 Å². The van der Waals surface area contributed by atoms with Gasteiger partial charge in [0, 0.05) is 48.2 Å². The van der Waals surface area contributed by atoms with Crippen LogP contribution < -0.4 is 0 Å². The molecule has 1 aliphatic carbocycles. The quantitative estimate of drug-likeness (QED) is 0.321. The molecule has 0 bridgehead atoms. The average Bonchev–Trinajstić information content (AvgIpc) is 3.25. The van der Waals surface area contributed by atoms with Gasteiger partial charge in [-0.15, -0.1) is 6.58 Å². The predicted octanol–water partition coefficient (Wildman–Crippen LogP) is 9.49. The number of fused-ring (bicyclic) bond motifs is 4. The first kappa shape index (κ1) is 28.3. The van der Waals surface area contributed by atoms with E-state index < -0.39 is 0 Å². The zero-order valence-electron chi connectivity index (χ0n) is 23.9. The topological polar surface area (TPSA) is 8.17 Å². The minimum absolute atomic E-state index is 0.945. The molecule has 2 aliphatic rings. The number of hydrogen-bond donors (Lipinski definition) is 0. The van der Waals surface area contributed by atoms with Crippen molar-refractivity contribution < 1.29 is 0 Å². The van der Waals surface area contributed by atoms with Crippen molar-refractivity contribution in [1.82, 2.24) is 9.47 Å². The highest BCUT2D eigenvalue weighted by Gasteiger charge is 2.23. The maximum absolute atomic E-state index is 4.54. The summed E-state index contributed by atoms with van der Waals surface area (Å²) in [7, 11) is 0. The highest BCUT2D eigenvalue weighted by Crippen LogP contribution is 2.36. The molecule has 5 rings (SSSR count). The molecule has 0 fully saturated rings. The third-order valence-corrected chi connectivity index (χ3v) is 7.26. The van der Waals surface area contributed by atoms with E-state index in [1.165, 1.54) is 56.4 Å². The molecule has 1 aromatic heterocycles. The summed E-state index contributed by atoms with van der Waals surface area (Å²) in [5, 5.41) is 1.37. The minimum atomic E-state index is 0.945.